The van der Waals surface area contributed by atoms with Gasteiger partial charge in [-0.15, -0.1) is 0 Å². The molecule has 1 heterocycles. The van der Waals surface area contributed by atoms with Crippen molar-refractivity contribution in [3.8, 4) is 5.75 Å². The lowest BCUT2D eigenvalue weighted by molar-refractivity contribution is 0.0763. The van der Waals surface area contributed by atoms with Crippen LogP contribution in [0.2, 0.25) is 0 Å². The number of phenols is 1. The molecule has 98 valence electrons. The number of carbonyl (C=O) groups is 1. The van der Waals surface area contributed by atoms with Gasteiger partial charge in [0.25, 0.3) is 5.91 Å². The van der Waals surface area contributed by atoms with E-state index < -0.39 is 0 Å². The van der Waals surface area contributed by atoms with Crippen LogP contribution in [0.1, 0.15) is 23.2 Å². The van der Waals surface area contributed by atoms with E-state index in [4.69, 9.17) is 0 Å². The van der Waals surface area contributed by atoms with Gasteiger partial charge in [-0.25, -0.2) is 0 Å². The van der Waals surface area contributed by atoms with Crippen molar-refractivity contribution in [3.63, 3.8) is 0 Å². The Balaban J connectivity index is 1.93. The molecule has 0 aliphatic carbocycles. The quantitative estimate of drug-likeness (QED) is 0.851. The zero-order chi connectivity index (χ0) is 13.0. The third-order valence-corrected chi connectivity index (χ3v) is 3.45. The lowest BCUT2D eigenvalue weighted by Gasteiger charge is -2.27. The first kappa shape index (κ1) is 12.9. The van der Waals surface area contributed by atoms with Gasteiger partial charge < -0.3 is 15.3 Å². The van der Waals surface area contributed by atoms with Crippen molar-refractivity contribution in [3.05, 3.63) is 29.8 Å². The van der Waals surface area contributed by atoms with E-state index in [2.05, 4.69) is 5.32 Å². The minimum absolute atomic E-state index is 0.0218. The molecule has 1 fully saturated rings. The van der Waals surface area contributed by atoms with E-state index in [1.54, 1.807) is 29.2 Å². The second kappa shape index (κ2) is 5.87. The summed E-state index contributed by atoms with van der Waals surface area (Å²) in [6, 6.07) is 6.42. The molecule has 1 aliphatic heterocycles. The molecule has 1 amide bonds. The molecule has 2 rings (SSSR count). The zero-order valence-electron chi connectivity index (χ0n) is 10.7. The van der Waals surface area contributed by atoms with Gasteiger partial charge in [0, 0.05) is 19.2 Å². The molecule has 1 aromatic rings. The summed E-state index contributed by atoms with van der Waals surface area (Å²) in [5.74, 6) is 0.804. The first-order valence-corrected chi connectivity index (χ1v) is 6.42. The Morgan fingerprint density at radius 2 is 1.94 bits per heavy atom. The van der Waals surface area contributed by atoms with Crippen LogP contribution in [-0.4, -0.2) is 42.6 Å². The Kier molecular flexibility index (Phi) is 4.20. The highest BCUT2D eigenvalue weighted by atomic mass is 16.3. The second-order valence-electron chi connectivity index (χ2n) is 4.93. The van der Waals surface area contributed by atoms with Crippen molar-refractivity contribution < 1.29 is 9.90 Å². The summed E-state index contributed by atoms with van der Waals surface area (Å²) in [6.45, 7) is 2.90. The number of phenolic OH excluding ortho intramolecular Hbond substituents is 1. The van der Waals surface area contributed by atoms with Crippen LogP contribution < -0.4 is 5.32 Å². The topological polar surface area (TPSA) is 52.6 Å². The molecule has 1 aromatic carbocycles. The predicted octanol–water partition coefficient (Wildman–Crippen LogP) is 1.46. The van der Waals surface area contributed by atoms with Crippen LogP contribution in [0.25, 0.3) is 0 Å². The van der Waals surface area contributed by atoms with Crippen LogP contribution in [0.15, 0.2) is 24.3 Å². The third-order valence-electron chi connectivity index (χ3n) is 3.45. The number of benzene rings is 1. The molecule has 1 saturated heterocycles. The van der Waals surface area contributed by atoms with Gasteiger partial charge in [0.2, 0.25) is 0 Å². The molecule has 2 N–H and O–H groups in total. The summed E-state index contributed by atoms with van der Waals surface area (Å²) < 4.78 is 0. The number of amides is 1. The highest BCUT2D eigenvalue weighted by Crippen LogP contribution is 2.15. The molecular weight excluding hydrogens is 228 g/mol. The summed E-state index contributed by atoms with van der Waals surface area (Å²) in [4.78, 5) is 13.9. The van der Waals surface area contributed by atoms with E-state index in [1.165, 1.54) is 0 Å². The highest BCUT2D eigenvalue weighted by molar-refractivity contribution is 5.94. The molecule has 0 saturated carbocycles. The van der Waals surface area contributed by atoms with Crippen LogP contribution in [0.5, 0.6) is 5.75 Å². The van der Waals surface area contributed by atoms with Gasteiger partial charge in [0.1, 0.15) is 5.75 Å². The van der Waals surface area contributed by atoms with Gasteiger partial charge in [-0.2, -0.15) is 0 Å². The predicted molar refractivity (Wildman–Crippen MR) is 70.7 cm³/mol. The van der Waals surface area contributed by atoms with Crippen molar-refractivity contribution in [1.82, 2.24) is 10.2 Å². The van der Waals surface area contributed by atoms with Gasteiger partial charge >= 0.3 is 0 Å². The second-order valence-corrected chi connectivity index (χ2v) is 4.93. The average molecular weight is 248 g/mol. The Hall–Kier alpha value is -1.55. The van der Waals surface area contributed by atoms with E-state index in [-0.39, 0.29) is 11.7 Å². The molecule has 0 bridgehead atoms. The van der Waals surface area contributed by atoms with Crippen LogP contribution in [0.3, 0.4) is 0 Å². The standard InChI is InChI=1S/C14H20N2O2/c1-16(10-11-6-8-15-9-7-11)14(18)12-2-4-13(17)5-3-12/h2-5,11,15,17H,6-10H2,1H3. The minimum Gasteiger partial charge on any atom is -0.508 e. The minimum atomic E-state index is 0.0218. The van der Waals surface area contributed by atoms with Gasteiger partial charge in [0.15, 0.2) is 0 Å². The Labute approximate surface area is 108 Å². The average Bonchev–Trinajstić information content (AvgIpc) is 2.40. The maximum Gasteiger partial charge on any atom is 0.253 e. The Bertz CT molecular complexity index is 397. The van der Waals surface area contributed by atoms with Crippen LogP contribution >= 0.6 is 0 Å². The van der Waals surface area contributed by atoms with E-state index in [0.717, 1.165) is 32.5 Å². The molecule has 0 radical (unpaired) electrons. The molecule has 4 nitrogen and oxygen atoms in total. The Morgan fingerprint density at radius 3 is 2.56 bits per heavy atom. The number of rotatable bonds is 3. The fraction of sp³-hybridized carbons (Fsp3) is 0.500. The summed E-state index contributed by atoms with van der Waals surface area (Å²) in [5, 5.41) is 12.5. The largest absolute Gasteiger partial charge is 0.508 e. The van der Waals surface area contributed by atoms with Crippen LogP contribution in [0.4, 0.5) is 0 Å². The highest BCUT2D eigenvalue weighted by Gasteiger charge is 2.18. The third kappa shape index (κ3) is 3.23. The van der Waals surface area contributed by atoms with Crippen LogP contribution in [-0.2, 0) is 0 Å². The molecule has 0 atom stereocenters. The molecule has 0 aromatic heterocycles. The lowest BCUT2D eigenvalue weighted by Crippen LogP contribution is -2.37. The summed E-state index contributed by atoms with van der Waals surface area (Å²) >= 11 is 0. The first-order chi connectivity index (χ1) is 8.66. The van der Waals surface area contributed by atoms with Crippen molar-refractivity contribution >= 4 is 5.91 Å². The van der Waals surface area contributed by atoms with Crippen molar-refractivity contribution in [2.45, 2.75) is 12.8 Å². The monoisotopic (exact) mass is 248 g/mol. The zero-order valence-corrected chi connectivity index (χ0v) is 10.7. The van der Waals surface area contributed by atoms with Crippen molar-refractivity contribution in [2.75, 3.05) is 26.7 Å². The number of aromatic hydroxyl groups is 1. The smallest absolute Gasteiger partial charge is 0.253 e. The fourth-order valence-electron chi connectivity index (χ4n) is 2.36. The number of nitrogens with zero attached hydrogens (tertiary/aromatic N) is 1. The van der Waals surface area contributed by atoms with E-state index >= 15 is 0 Å². The fourth-order valence-corrected chi connectivity index (χ4v) is 2.36. The summed E-state index contributed by atoms with van der Waals surface area (Å²) in [7, 11) is 1.84. The number of piperidine rings is 1. The van der Waals surface area contributed by atoms with Gasteiger partial charge in [-0.05, 0) is 56.1 Å². The number of hydrogen-bond acceptors (Lipinski definition) is 3. The van der Waals surface area contributed by atoms with Gasteiger partial charge in [0.05, 0.1) is 0 Å². The SMILES string of the molecule is CN(CC1CCNCC1)C(=O)c1ccc(O)cc1. The molecule has 4 heteroatoms. The van der Waals surface area contributed by atoms with E-state index in [1.807, 2.05) is 7.05 Å². The van der Waals surface area contributed by atoms with Gasteiger partial charge in [-0.3, -0.25) is 4.79 Å². The number of nitrogens with one attached hydrogen (secondary N) is 1. The number of hydrogen-bond donors (Lipinski definition) is 2. The molecule has 1 aliphatic rings. The van der Waals surface area contributed by atoms with Crippen molar-refractivity contribution in [1.29, 1.82) is 0 Å². The normalized spacial score (nSPS) is 16.5. The van der Waals surface area contributed by atoms with Crippen LogP contribution in [0, 0.1) is 5.92 Å². The Morgan fingerprint density at radius 1 is 1.33 bits per heavy atom. The lowest BCUT2D eigenvalue weighted by atomic mass is 9.97. The van der Waals surface area contributed by atoms with E-state index in [0.29, 0.717) is 11.5 Å². The molecule has 0 unspecified atom stereocenters. The van der Waals surface area contributed by atoms with E-state index in [9.17, 15) is 9.90 Å². The molecular formula is C14H20N2O2. The summed E-state index contributed by atoms with van der Waals surface area (Å²) in [6.07, 6.45) is 2.26. The number of carbonyl (C=O) groups excluding carboxylic acids is 1. The molecule has 18 heavy (non-hydrogen) atoms. The maximum atomic E-state index is 12.2. The summed E-state index contributed by atoms with van der Waals surface area (Å²) in [5.41, 5.74) is 0.629. The van der Waals surface area contributed by atoms with Crippen molar-refractivity contribution in [2.24, 2.45) is 5.92 Å². The first-order valence-electron chi connectivity index (χ1n) is 6.42. The molecule has 0 spiro atoms. The maximum absolute atomic E-state index is 12.2. The van der Waals surface area contributed by atoms with Gasteiger partial charge in [-0.1, -0.05) is 0 Å².